The number of nitrogens with zero attached hydrogens (tertiary/aromatic N) is 2. The van der Waals surface area contributed by atoms with Crippen LogP contribution in [0.2, 0.25) is 0 Å². The molecule has 234 valence electrons. The van der Waals surface area contributed by atoms with Crippen LogP contribution in [-0.4, -0.2) is 9.13 Å². The zero-order valence-electron chi connectivity index (χ0n) is 27.4. The van der Waals surface area contributed by atoms with Gasteiger partial charge < -0.3 is 9.13 Å². The van der Waals surface area contributed by atoms with Gasteiger partial charge in [0.05, 0.1) is 22.1 Å². The molecule has 0 atom stereocenters. The van der Waals surface area contributed by atoms with Crippen LogP contribution in [0, 0.1) is 0 Å². The number of rotatable bonds is 3. The summed E-state index contributed by atoms with van der Waals surface area (Å²) in [7, 11) is 0. The van der Waals surface area contributed by atoms with E-state index in [0.29, 0.717) is 0 Å². The van der Waals surface area contributed by atoms with E-state index in [2.05, 4.69) is 203 Å². The fraction of sp³-hybridized carbons (Fsp3) is 0. The summed E-state index contributed by atoms with van der Waals surface area (Å²) < 4.78 is 4.81. The Morgan fingerprint density at radius 2 is 0.520 bits per heavy atom. The molecule has 2 aromatic heterocycles. The smallest absolute Gasteiger partial charge is 0.0541 e. The van der Waals surface area contributed by atoms with E-state index in [0.717, 1.165) is 16.7 Å². The van der Waals surface area contributed by atoms with Gasteiger partial charge in [-0.3, -0.25) is 0 Å². The summed E-state index contributed by atoms with van der Waals surface area (Å²) in [5.41, 5.74) is 9.40. The summed E-state index contributed by atoms with van der Waals surface area (Å²) in [5, 5.41) is 9.81. The predicted molar refractivity (Wildman–Crippen MR) is 213 cm³/mol. The van der Waals surface area contributed by atoms with Gasteiger partial charge in [-0.15, -0.1) is 0 Å². The van der Waals surface area contributed by atoms with Crippen molar-refractivity contribution in [2.75, 3.05) is 0 Å². The van der Waals surface area contributed by atoms with Crippen LogP contribution in [0.15, 0.2) is 194 Å². The molecule has 0 N–H and O–H groups in total. The highest BCUT2D eigenvalue weighted by Gasteiger charge is 2.15. The van der Waals surface area contributed by atoms with E-state index >= 15 is 0 Å². The van der Waals surface area contributed by atoms with Gasteiger partial charge in [-0.1, -0.05) is 133 Å². The maximum Gasteiger partial charge on any atom is 0.0541 e. The lowest BCUT2D eigenvalue weighted by Crippen LogP contribution is -1.97. The average Bonchev–Trinajstić information content (AvgIpc) is 3.54. The SMILES string of the molecule is c1ccc(-n2c3ccccc3c3ccccc3c3ccccc3c3cc(-c4ccc5c(c4)c4ccccc4n5-c4ccccc4)ccc32)cc1. The van der Waals surface area contributed by atoms with Gasteiger partial charge in [-0.25, -0.2) is 0 Å². The predicted octanol–water partition coefficient (Wildman–Crippen LogP) is 13.0. The Morgan fingerprint density at radius 3 is 0.980 bits per heavy atom. The Labute approximate surface area is 290 Å². The molecule has 50 heavy (non-hydrogen) atoms. The third-order valence-electron chi connectivity index (χ3n) is 10.1. The first-order valence-corrected chi connectivity index (χ1v) is 17.2. The zero-order chi connectivity index (χ0) is 33.0. The third-order valence-corrected chi connectivity index (χ3v) is 10.1. The third kappa shape index (κ3) is 4.43. The number of hydrogen-bond acceptors (Lipinski definition) is 0. The highest BCUT2D eigenvalue weighted by atomic mass is 15.0. The number of hydrogen-bond donors (Lipinski definition) is 0. The molecule has 0 unspecified atom stereocenters. The number of aromatic nitrogens is 2. The standard InChI is InChI=1S/C48H32N2/c1-3-15-35(16-4-1)49-45-25-13-11-23-41(45)39-21-9-7-19-37(39)38-20-8-10-22-40(38)43-31-33(27-29-47(43)49)34-28-30-48-44(32-34)42-24-12-14-26-46(42)50(48)36-17-5-2-6-18-36/h1-32H. The molecule has 0 aliphatic heterocycles. The quantitative estimate of drug-likeness (QED) is 0.183. The molecule has 0 amide bonds. The van der Waals surface area contributed by atoms with Crippen molar-refractivity contribution in [2.45, 2.75) is 0 Å². The minimum absolute atomic E-state index is 1.13. The topological polar surface area (TPSA) is 9.86 Å². The van der Waals surface area contributed by atoms with E-state index in [1.807, 2.05) is 0 Å². The van der Waals surface area contributed by atoms with Crippen molar-refractivity contribution >= 4 is 65.2 Å². The van der Waals surface area contributed by atoms with Gasteiger partial charge in [0.1, 0.15) is 0 Å². The van der Waals surface area contributed by atoms with Gasteiger partial charge in [0, 0.05) is 32.9 Å². The first-order valence-electron chi connectivity index (χ1n) is 17.2. The zero-order valence-corrected chi connectivity index (χ0v) is 27.4. The Bertz CT molecular complexity index is 2970. The Morgan fingerprint density at radius 1 is 0.220 bits per heavy atom. The monoisotopic (exact) mass is 636 g/mol. The maximum absolute atomic E-state index is 2.43. The molecule has 0 aliphatic carbocycles. The van der Waals surface area contributed by atoms with Crippen LogP contribution in [0.1, 0.15) is 0 Å². The fourth-order valence-corrected chi connectivity index (χ4v) is 7.92. The van der Waals surface area contributed by atoms with Crippen LogP contribution in [-0.2, 0) is 0 Å². The van der Waals surface area contributed by atoms with Crippen LogP contribution in [0.25, 0.3) is 87.7 Å². The van der Waals surface area contributed by atoms with Gasteiger partial charge in [0.2, 0.25) is 0 Å². The number of fused-ring (bicyclic) bond motifs is 10. The lowest BCUT2D eigenvalue weighted by molar-refractivity contribution is 1.17. The average molecular weight is 637 g/mol. The first-order chi connectivity index (χ1) is 24.8. The maximum atomic E-state index is 2.43. The summed E-state index contributed by atoms with van der Waals surface area (Å²) >= 11 is 0. The van der Waals surface area contributed by atoms with Crippen LogP contribution >= 0.6 is 0 Å². The lowest BCUT2D eigenvalue weighted by atomic mass is 9.98. The molecule has 2 heterocycles. The van der Waals surface area contributed by atoms with Crippen molar-refractivity contribution in [3.63, 3.8) is 0 Å². The van der Waals surface area contributed by atoms with Gasteiger partial charge >= 0.3 is 0 Å². The summed E-state index contributed by atoms with van der Waals surface area (Å²) in [6.07, 6.45) is 0. The molecule has 0 bridgehead atoms. The highest BCUT2D eigenvalue weighted by Crippen LogP contribution is 2.38. The largest absolute Gasteiger partial charge is 0.309 e. The minimum Gasteiger partial charge on any atom is -0.309 e. The van der Waals surface area contributed by atoms with Crippen LogP contribution in [0.4, 0.5) is 0 Å². The highest BCUT2D eigenvalue weighted by molar-refractivity contribution is 6.20. The summed E-state index contributed by atoms with van der Waals surface area (Å²) in [6.45, 7) is 0. The van der Waals surface area contributed by atoms with Crippen molar-refractivity contribution in [3.05, 3.63) is 194 Å². The van der Waals surface area contributed by atoms with Gasteiger partial charge in [-0.2, -0.15) is 0 Å². The Balaban J connectivity index is 1.35. The lowest BCUT2D eigenvalue weighted by Gasteiger charge is -2.14. The Hall–Kier alpha value is -6.64. The molecule has 0 saturated heterocycles. The number of para-hydroxylation sites is 4. The molecule has 10 rings (SSSR count). The van der Waals surface area contributed by atoms with Crippen molar-refractivity contribution in [3.8, 4) is 22.5 Å². The van der Waals surface area contributed by atoms with Crippen LogP contribution in [0.3, 0.4) is 0 Å². The van der Waals surface area contributed by atoms with Gasteiger partial charge in [0.15, 0.2) is 0 Å². The molecule has 2 nitrogen and oxygen atoms in total. The second kappa shape index (κ2) is 11.5. The molecule has 0 fully saturated rings. The van der Waals surface area contributed by atoms with E-state index in [1.54, 1.807) is 0 Å². The first kappa shape index (κ1) is 28.4. The van der Waals surface area contributed by atoms with E-state index < -0.39 is 0 Å². The van der Waals surface area contributed by atoms with E-state index in [9.17, 15) is 0 Å². The normalized spacial score (nSPS) is 11.6. The van der Waals surface area contributed by atoms with Crippen LogP contribution in [0.5, 0.6) is 0 Å². The fourth-order valence-electron chi connectivity index (χ4n) is 7.92. The van der Waals surface area contributed by atoms with Gasteiger partial charge in [0.25, 0.3) is 0 Å². The Kier molecular flexibility index (Phi) is 6.53. The summed E-state index contributed by atoms with van der Waals surface area (Å²) in [4.78, 5) is 0. The molecule has 10 aromatic rings. The minimum atomic E-state index is 1.13. The molecule has 8 aromatic carbocycles. The van der Waals surface area contributed by atoms with Gasteiger partial charge in [-0.05, 0) is 93.3 Å². The molecular weight excluding hydrogens is 605 g/mol. The van der Waals surface area contributed by atoms with Crippen molar-refractivity contribution < 1.29 is 0 Å². The van der Waals surface area contributed by atoms with Crippen molar-refractivity contribution in [1.82, 2.24) is 9.13 Å². The molecule has 0 radical (unpaired) electrons. The molecule has 0 spiro atoms. The number of benzene rings is 8. The second-order valence-electron chi connectivity index (χ2n) is 12.9. The molecular formula is C48H32N2. The molecule has 2 heteroatoms. The van der Waals surface area contributed by atoms with E-state index in [-0.39, 0.29) is 0 Å². The molecule has 0 aliphatic rings. The van der Waals surface area contributed by atoms with E-state index in [1.165, 1.54) is 70.9 Å². The molecule has 0 saturated carbocycles. The second-order valence-corrected chi connectivity index (χ2v) is 12.9. The summed E-state index contributed by atoms with van der Waals surface area (Å²) in [6, 6.07) is 70.6. The summed E-state index contributed by atoms with van der Waals surface area (Å²) in [5.74, 6) is 0. The van der Waals surface area contributed by atoms with E-state index in [4.69, 9.17) is 0 Å². The van der Waals surface area contributed by atoms with Crippen LogP contribution < -0.4 is 0 Å². The van der Waals surface area contributed by atoms with Crippen molar-refractivity contribution in [1.29, 1.82) is 0 Å². The van der Waals surface area contributed by atoms with Crippen molar-refractivity contribution in [2.24, 2.45) is 0 Å².